The molecule has 0 aliphatic rings. The van der Waals surface area contributed by atoms with Crippen LogP contribution in [0.3, 0.4) is 0 Å². The average molecular weight is 223 g/mol. The maximum absolute atomic E-state index is 9.00. The third-order valence-electron chi connectivity index (χ3n) is 2.67. The number of aliphatic hydroxyl groups is 1. The van der Waals surface area contributed by atoms with Crippen molar-refractivity contribution in [2.45, 2.75) is 6.54 Å². The lowest BCUT2D eigenvalue weighted by molar-refractivity contribution is 0.277. The van der Waals surface area contributed by atoms with Crippen molar-refractivity contribution in [2.75, 3.05) is 37.2 Å². The van der Waals surface area contributed by atoms with Crippen LogP contribution in [0.4, 0.5) is 11.5 Å². The second-order valence-electron chi connectivity index (χ2n) is 3.93. The maximum Gasteiger partial charge on any atom is 0.148 e. The summed E-state index contributed by atoms with van der Waals surface area (Å²) in [4.78, 5) is 0. The van der Waals surface area contributed by atoms with Gasteiger partial charge >= 0.3 is 0 Å². The molecule has 0 aliphatic carbocycles. The molecule has 2 aromatic rings. The Bertz CT molecular complexity index is 511. The Balaban J connectivity index is 2.74. The summed E-state index contributed by atoms with van der Waals surface area (Å²) in [6.07, 6.45) is 1.90. The summed E-state index contributed by atoms with van der Waals surface area (Å²) in [6, 6.07) is 1.91. The van der Waals surface area contributed by atoms with Gasteiger partial charge in [-0.05, 0) is 6.07 Å². The fraction of sp³-hybridized carbons (Fsp3) is 0.400. The smallest absolute Gasteiger partial charge is 0.148 e. The van der Waals surface area contributed by atoms with E-state index in [1.807, 2.05) is 40.6 Å². The molecule has 0 bridgehead atoms. The number of hydrogen-bond donors (Lipinski definition) is 3. The number of anilines is 2. The molecule has 0 aliphatic heterocycles. The van der Waals surface area contributed by atoms with Crippen LogP contribution in [0, 0.1) is 0 Å². The zero-order chi connectivity index (χ0) is 11.9. The minimum atomic E-state index is 0.0855. The Morgan fingerprint density at radius 3 is 2.62 bits per heavy atom. The summed E-state index contributed by atoms with van der Waals surface area (Å²) in [5.74, 6) is 0.530. The first-order chi connectivity index (χ1) is 7.57. The molecule has 5 N–H and O–H groups in total. The predicted octanol–water partition coefficient (Wildman–Crippen LogP) is -0.203. The standard InChI is InChI=1S/C10H17N5O/c1-13(2)15-9(12)8(11)7-3-4-14(5-6-16)10(7)15/h3-4,16H,5-6,11-12H2,1-2H3. The van der Waals surface area contributed by atoms with Gasteiger partial charge in [0.2, 0.25) is 0 Å². The molecule has 6 nitrogen and oxygen atoms in total. The lowest BCUT2D eigenvalue weighted by atomic mass is 10.3. The van der Waals surface area contributed by atoms with E-state index < -0.39 is 0 Å². The molecule has 0 radical (unpaired) electrons. The molecule has 2 aromatic heterocycles. The Labute approximate surface area is 93.6 Å². The number of rotatable bonds is 3. The van der Waals surface area contributed by atoms with Crippen LogP contribution in [0.2, 0.25) is 0 Å². The number of nitrogens with zero attached hydrogens (tertiary/aromatic N) is 3. The number of nitrogens with two attached hydrogens (primary N) is 2. The van der Waals surface area contributed by atoms with E-state index in [0.717, 1.165) is 11.0 Å². The van der Waals surface area contributed by atoms with E-state index in [-0.39, 0.29) is 6.61 Å². The molecule has 0 atom stereocenters. The first kappa shape index (κ1) is 10.7. The second-order valence-corrected chi connectivity index (χ2v) is 3.93. The lowest BCUT2D eigenvalue weighted by Crippen LogP contribution is -2.27. The molecule has 16 heavy (non-hydrogen) atoms. The van der Waals surface area contributed by atoms with E-state index in [1.165, 1.54) is 0 Å². The van der Waals surface area contributed by atoms with Crippen LogP contribution in [0.15, 0.2) is 12.3 Å². The Hall–Kier alpha value is -1.82. The van der Waals surface area contributed by atoms with Gasteiger partial charge in [0.15, 0.2) is 0 Å². The quantitative estimate of drug-likeness (QED) is 0.672. The van der Waals surface area contributed by atoms with Crippen LogP contribution in [-0.4, -0.2) is 35.1 Å². The molecule has 0 saturated carbocycles. The van der Waals surface area contributed by atoms with E-state index in [0.29, 0.717) is 18.1 Å². The zero-order valence-electron chi connectivity index (χ0n) is 9.51. The third-order valence-corrected chi connectivity index (χ3v) is 2.67. The largest absolute Gasteiger partial charge is 0.395 e. The average Bonchev–Trinajstić information content (AvgIpc) is 2.71. The monoisotopic (exact) mass is 223 g/mol. The van der Waals surface area contributed by atoms with Gasteiger partial charge in [0, 0.05) is 32.2 Å². The van der Waals surface area contributed by atoms with Crippen LogP contribution < -0.4 is 16.5 Å². The molecule has 0 amide bonds. The van der Waals surface area contributed by atoms with E-state index in [9.17, 15) is 0 Å². The van der Waals surface area contributed by atoms with Crippen molar-refractivity contribution in [2.24, 2.45) is 0 Å². The summed E-state index contributed by atoms with van der Waals surface area (Å²) in [5, 5.41) is 11.8. The molecule has 0 saturated heterocycles. The molecule has 2 heterocycles. The van der Waals surface area contributed by atoms with Crippen molar-refractivity contribution < 1.29 is 5.11 Å². The molecule has 0 spiro atoms. The molecule has 2 rings (SSSR count). The molecule has 0 fully saturated rings. The van der Waals surface area contributed by atoms with Crippen molar-refractivity contribution in [3.63, 3.8) is 0 Å². The minimum absolute atomic E-state index is 0.0855. The van der Waals surface area contributed by atoms with Crippen molar-refractivity contribution in [1.82, 2.24) is 9.24 Å². The van der Waals surface area contributed by atoms with E-state index in [2.05, 4.69) is 0 Å². The minimum Gasteiger partial charge on any atom is -0.395 e. The van der Waals surface area contributed by atoms with Gasteiger partial charge in [-0.15, -0.1) is 0 Å². The van der Waals surface area contributed by atoms with Crippen LogP contribution in [-0.2, 0) is 6.54 Å². The van der Waals surface area contributed by atoms with Crippen LogP contribution >= 0.6 is 0 Å². The highest BCUT2D eigenvalue weighted by atomic mass is 16.3. The van der Waals surface area contributed by atoms with Crippen LogP contribution in [0.1, 0.15) is 0 Å². The summed E-state index contributed by atoms with van der Waals surface area (Å²) in [5.41, 5.74) is 13.4. The summed E-state index contributed by atoms with van der Waals surface area (Å²) < 4.78 is 3.77. The van der Waals surface area contributed by atoms with Crippen molar-refractivity contribution in [3.8, 4) is 0 Å². The van der Waals surface area contributed by atoms with Crippen molar-refractivity contribution in [1.29, 1.82) is 0 Å². The highest BCUT2D eigenvalue weighted by Gasteiger charge is 2.17. The summed E-state index contributed by atoms with van der Waals surface area (Å²) in [6.45, 7) is 0.614. The highest BCUT2D eigenvalue weighted by Crippen LogP contribution is 2.31. The maximum atomic E-state index is 9.00. The van der Waals surface area contributed by atoms with E-state index in [4.69, 9.17) is 16.6 Å². The first-order valence-corrected chi connectivity index (χ1v) is 5.11. The Morgan fingerprint density at radius 1 is 1.38 bits per heavy atom. The molecule has 0 unspecified atom stereocenters. The number of fused-ring (bicyclic) bond motifs is 1. The van der Waals surface area contributed by atoms with Gasteiger partial charge in [-0.25, -0.2) is 4.68 Å². The summed E-state index contributed by atoms with van der Waals surface area (Å²) >= 11 is 0. The van der Waals surface area contributed by atoms with Gasteiger partial charge in [-0.1, -0.05) is 0 Å². The van der Waals surface area contributed by atoms with E-state index in [1.54, 1.807) is 0 Å². The predicted molar refractivity (Wildman–Crippen MR) is 65.9 cm³/mol. The van der Waals surface area contributed by atoms with Crippen molar-refractivity contribution >= 4 is 22.5 Å². The van der Waals surface area contributed by atoms with E-state index >= 15 is 0 Å². The van der Waals surface area contributed by atoms with Gasteiger partial charge < -0.3 is 26.1 Å². The third kappa shape index (κ3) is 1.30. The number of aromatic nitrogens is 2. The zero-order valence-corrected chi connectivity index (χ0v) is 9.51. The Kier molecular flexibility index (Phi) is 2.43. The van der Waals surface area contributed by atoms with Crippen LogP contribution in [0.25, 0.3) is 11.0 Å². The SMILES string of the molecule is CN(C)n1c(N)c(N)c2ccn(CCO)c21. The molecule has 0 aromatic carbocycles. The fourth-order valence-corrected chi connectivity index (χ4v) is 1.97. The van der Waals surface area contributed by atoms with Crippen molar-refractivity contribution in [3.05, 3.63) is 12.3 Å². The molecule has 6 heteroatoms. The molecular weight excluding hydrogens is 206 g/mol. The normalized spacial score (nSPS) is 11.2. The fourth-order valence-electron chi connectivity index (χ4n) is 1.97. The number of hydrogen-bond acceptors (Lipinski definition) is 4. The highest BCUT2D eigenvalue weighted by molar-refractivity contribution is 5.97. The first-order valence-electron chi connectivity index (χ1n) is 5.11. The molecular formula is C10H17N5O. The van der Waals surface area contributed by atoms with Gasteiger partial charge in [-0.3, -0.25) is 0 Å². The number of nitrogen functional groups attached to an aromatic ring is 2. The lowest BCUT2D eigenvalue weighted by Gasteiger charge is -2.18. The Morgan fingerprint density at radius 2 is 2.06 bits per heavy atom. The summed E-state index contributed by atoms with van der Waals surface area (Å²) in [7, 11) is 3.79. The van der Waals surface area contributed by atoms with Gasteiger partial charge in [0.05, 0.1) is 12.3 Å². The topological polar surface area (TPSA) is 85.4 Å². The van der Waals surface area contributed by atoms with Gasteiger partial charge in [0.25, 0.3) is 0 Å². The van der Waals surface area contributed by atoms with Crippen LogP contribution in [0.5, 0.6) is 0 Å². The second kappa shape index (κ2) is 3.64. The number of aliphatic hydroxyl groups excluding tert-OH is 1. The van der Waals surface area contributed by atoms with Gasteiger partial charge in [0.1, 0.15) is 11.5 Å². The molecule has 88 valence electrons. The van der Waals surface area contributed by atoms with Gasteiger partial charge in [-0.2, -0.15) is 0 Å².